The Bertz CT molecular complexity index is 714. The summed E-state index contributed by atoms with van der Waals surface area (Å²) < 4.78 is 10.8. The topological polar surface area (TPSA) is 40.0 Å². The molecule has 0 spiro atoms. The molecule has 0 heterocycles. The summed E-state index contributed by atoms with van der Waals surface area (Å²) in [5.41, 5.74) is 5.77. The van der Waals surface area contributed by atoms with Gasteiger partial charge in [-0.25, -0.2) is 0 Å². The molecule has 4 nitrogen and oxygen atoms in total. The fourth-order valence-electron chi connectivity index (χ4n) is 3.08. The van der Waals surface area contributed by atoms with Gasteiger partial charge in [0.25, 0.3) is 0 Å². The molecule has 0 radical (unpaired) electrons. The van der Waals surface area contributed by atoms with E-state index in [0.29, 0.717) is 6.61 Å². The highest BCUT2D eigenvalue weighted by Crippen LogP contribution is 2.40. The van der Waals surface area contributed by atoms with E-state index in [1.165, 1.54) is 16.7 Å². The second-order valence-electron chi connectivity index (χ2n) is 5.73. The third kappa shape index (κ3) is 3.44. The molecule has 0 unspecified atom stereocenters. The maximum Gasteiger partial charge on any atom is 0.120 e. The normalized spacial score (nSPS) is 17.5. The molecular weight excluding hydrogens is 302 g/mol. The van der Waals surface area contributed by atoms with E-state index in [2.05, 4.69) is 35.5 Å². The first-order valence-electron chi connectivity index (χ1n) is 8.28. The Balaban J connectivity index is 1.75. The van der Waals surface area contributed by atoms with Gasteiger partial charge in [-0.3, -0.25) is 0 Å². The van der Waals surface area contributed by atoms with E-state index >= 15 is 0 Å². The van der Waals surface area contributed by atoms with Crippen molar-refractivity contribution < 1.29 is 14.3 Å². The fourth-order valence-corrected chi connectivity index (χ4v) is 3.08. The minimum Gasteiger partial charge on any atom is -0.490 e. The maximum absolute atomic E-state index is 5.83. The molecule has 1 aromatic carbocycles. The first kappa shape index (κ1) is 16.5. The predicted molar refractivity (Wildman–Crippen MR) is 96.4 cm³/mol. The Morgan fingerprint density at radius 1 is 1.17 bits per heavy atom. The monoisotopic (exact) mass is 325 g/mol. The van der Waals surface area contributed by atoms with Crippen LogP contribution >= 0.6 is 0 Å². The minimum atomic E-state index is 0.548. The van der Waals surface area contributed by atoms with E-state index in [-0.39, 0.29) is 0 Å². The zero-order chi connectivity index (χ0) is 16.8. The summed E-state index contributed by atoms with van der Waals surface area (Å²) in [6.07, 6.45) is 11.4. The summed E-state index contributed by atoms with van der Waals surface area (Å²) in [6, 6.07) is 6.19. The second-order valence-corrected chi connectivity index (χ2v) is 5.73. The van der Waals surface area contributed by atoms with Crippen LogP contribution in [-0.4, -0.2) is 33.1 Å². The van der Waals surface area contributed by atoms with Crippen molar-refractivity contribution in [1.29, 1.82) is 0 Å². The van der Waals surface area contributed by atoms with Crippen LogP contribution in [-0.2, 0) is 9.57 Å². The average molecular weight is 325 g/mol. The number of hydrogen-bond acceptors (Lipinski definition) is 4. The van der Waals surface area contributed by atoms with Crippen LogP contribution in [0.2, 0.25) is 0 Å². The Hall–Kier alpha value is -2.33. The molecule has 0 amide bonds. The van der Waals surface area contributed by atoms with Gasteiger partial charge in [0, 0.05) is 19.3 Å². The van der Waals surface area contributed by atoms with Crippen molar-refractivity contribution in [2.75, 3.05) is 27.4 Å². The quantitative estimate of drug-likeness (QED) is 0.430. The van der Waals surface area contributed by atoms with Crippen LogP contribution in [0.25, 0.3) is 5.57 Å². The van der Waals surface area contributed by atoms with Crippen molar-refractivity contribution in [3.8, 4) is 5.75 Å². The first-order valence-corrected chi connectivity index (χ1v) is 8.28. The van der Waals surface area contributed by atoms with Gasteiger partial charge in [-0.2, -0.15) is 0 Å². The van der Waals surface area contributed by atoms with Gasteiger partial charge in [0.05, 0.1) is 0 Å². The van der Waals surface area contributed by atoms with Gasteiger partial charge in [-0.15, -0.1) is 0 Å². The maximum atomic E-state index is 5.83. The van der Waals surface area contributed by atoms with Gasteiger partial charge in [0.15, 0.2) is 0 Å². The lowest BCUT2D eigenvalue weighted by Gasteiger charge is -2.08. The summed E-state index contributed by atoms with van der Waals surface area (Å²) in [7, 11) is 3.30. The predicted octanol–water partition coefficient (Wildman–Crippen LogP) is 4.13. The lowest BCUT2D eigenvalue weighted by molar-refractivity contribution is 0.204. The lowest BCUT2D eigenvalue weighted by Crippen LogP contribution is -2.03. The summed E-state index contributed by atoms with van der Waals surface area (Å²) in [6.45, 7) is 1.28. The van der Waals surface area contributed by atoms with Crippen LogP contribution in [0.3, 0.4) is 0 Å². The van der Waals surface area contributed by atoms with Gasteiger partial charge in [-0.1, -0.05) is 35.5 Å². The Morgan fingerprint density at radius 2 is 2.08 bits per heavy atom. The number of benzene rings is 1. The third-order valence-electron chi connectivity index (χ3n) is 4.18. The molecule has 0 saturated heterocycles. The van der Waals surface area contributed by atoms with Crippen LogP contribution in [0.4, 0.5) is 0 Å². The average Bonchev–Trinajstić information content (AvgIpc) is 2.92. The highest BCUT2D eigenvalue weighted by molar-refractivity contribution is 6.24. The van der Waals surface area contributed by atoms with Crippen molar-refractivity contribution in [2.24, 2.45) is 5.16 Å². The van der Waals surface area contributed by atoms with Gasteiger partial charge in [-0.05, 0) is 48.1 Å². The minimum absolute atomic E-state index is 0.548. The largest absolute Gasteiger partial charge is 0.490 e. The molecule has 0 aliphatic heterocycles. The van der Waals surface area contributed by atoms with Crippen LogP contribution in [0.1, 0.15) is 30.4 Å². The second kappa shape index (κ2) is 7.97. The molecule has 2 aliphatic carbocycles. The Kier molecular flexibility index (Phi) is 5.49. The van der Waals surface area contributed by atoms with Gasteiger partial charge in [0.2, 0.25) is 0 Å². The first-order chi connectivity index (χ1) is 11.8. The molecule has 0 saturated carbocycles. The van der Waals surface area contributed by atoms with Crippen LogP contribution in [0.15, 0.2) is 53.2 Å². The number of nitrogens with zero attached hydrogens (tertiary/aromatic N) is 1. The SMILES string of the molecule is COCC/C=C/COc1ccc2c(c1)/C(=N/OC)C1=C2C=CCC1. The summed E-state index contributed by atoms with van der Waals surface area (Å²) in [4.78, 5) is 5.07. The highest BCUT2D eigenvalue weighted by atomic mass is 16.6. The van der Waals surface area contributed by atoms with Crippen molar-refractivity contribution in [1.82, 2.24) is 0 Å². The smallest absolute Gasteiger partial charge is 0.120 e. The molecule has 1 aromatic rings. The van der Waals surface area contributed by atoms with E-state index in [1.807, 2.05) is 12.1 Å². The van der Waals surface area contributed by atoms with Crippen molar-refractivity contribution in [3.05, 3.63) is 59.2 Å². The molecular formula is C20H23NO3. The van der Waals surface area contributed by atoms with Gasteiger partial charge >= 0.3 is 0 Å². The van der Waals surface area contributed by atoms with Crippen LogP contribution in [0, 0.1) is 0 Å². The number of allylic oxidation sites excluding steroid dienone is 4. The number of methoxy groups -OCH3 is 1. The molecule has 4 heteroatoms. The van der Waals surface area contributed by atoms with Crippen LogP contribution < -0.4 is 4.74 Å². The zero-order valence-electron chi connectivity index (χ0n) is 14.2. The molecule has 126 valence electrons. The molecule has 0 N–H and O–H groups in total. The zero-order valence-corrected chi connectivity index (χ0v) is 14.2. The molecule has 0 aromatic heterocycles. The van der Waals surface area contributed by atoms with Crippen molar-refractivity contribution >= 4 is 11.3 Å². The number of ether oxygens (including phenoxy) is 2. The number of hydrogen-bond donors (Lipinski definition) is 0. The number of rotatable bonds is 7. The number of fused-ring (bicyclic) bond motifs is 2. The molecule has 24 heavy (non-hydrogen) atoms. The molecule has 0 fully saturated rings. The summed E-state index contributed by atoms with van der Waals surface area (Å²) in [5.74, 6) is 0.845. The van der Waals surface area contributed by atoms with Gasteiger partial charge in [0.1, 0.15) is 25.2 Å². The molecule has 0 bridgehead atoms. The lowest BCUT2D eigenvalue weighted by atomic mass is 9.97. The highest BCUT2D eigenvalue weighted by Gasteiger charge is 2.28. The van der Waals surface area contributed by atoms with E-state index in [4.69, 9.17) is 14.3 Å². The summed E-state index contributed by atoms with van der Waals surface area (Å²) >= 11 is 0. The number of oxime groups is 1. The van der Waals surface area contributed by atoms with E-state index in [0.717, 1.165) is 42.9 Å². The summed E-state index contributed by atoms with van der Waals surface area (Å²) in [5, 5.41) is 4.26. The van der Waals surface area contributed by atoms with E-state index < -0.39 is 0 Å². The van der Waals surface area contributed by atoms with Crippen molar-refractivity contribution in [3.63, 3.8) is 0 Å². The van der Waals surface area contributed by atoms with Crippen LogP contribution in [0.5, 0.6) is 5.75 Å². The Morgan fingerprint density at radius 3 is 2.92 bits per heavy atom. The Labute approximate surface area is 143 Å². The fraction of sp³-hybridized carbons (Fsp3) is 0.350. The van der Waals surface area contributed by atoms with Crippen molar-refractivity contribution in [2.45, 2.75) is 19.3 Å². The molecule has 0 atom stereocenters. The van der Waals surface area contributed by atoms with E-state index in [1.54, 1.807) is 14.2 Å². The molecule has 3 rings (SSSR count). The third-order valence-corrected chi connectivity index (χ3v) is 4.18. The van der Waals surface area contributed by atoms with Gasteiger partial charge < -0.3 is 14.3 Å². The van der Waals surface area contributed by atoms with E-state index in [9.17, 15) is 0 Å². The standard InChI is InChI=1S/C20H23NO3/c1-22-12-6-3-7-13-24-15-10-11-17-16-8-4-5-9-18(16)20(21-23-2)19(17)14-15/h3-4,7-8,10-11,14H,5-6,9,12-13H2,1-2H3/b7-3+,21-20+. The molecule has 2 aliphatic rings.